The Morgan fingerprint density at radius 2 is 2.03 bits per heavy atom. The molecule has 1 fully saturated rings. The van der Waals surface area contributed by atoms with Crippen LogP contribution in [0.1, 0.15) is 28.9 Å². The predicted octanol–water partition coefficient (Wildman–Crippen LogP) is 1.87. The van der Waals surface area contributed by atoms with Crippen LogP contribution in [0, 0.1) is 11.3 Å². The number of aromatic nitrogens is 6. The van der Waals surface area contributed by atoms with E-state index in [1.165, 1.54) is 4.80 Å². The zero-order valence-corrected chi connectivity index (χ0v) is 16.5. The van der Waals surface area contributed by atoms with Gasteiger partial charge in [0.1, 0.15) is 12.2 Å². The summed E-state index contributed by atoms with van der Waals surface area (Å²) in [5.74, 6) is 0.254. The number of para-hydroxylation sites is 1. The van der Waals surface area contributed by atoms with Crippen molar-refractivity contribution in [3.05, 3.63) is 66.5 Å². The molecule has 0 spiro atoms. The lowest BCUT2D eigenvalue weighted by atomic mass is 10.1. The second-order valence-corrected chi connectivity index (χ2v) is 7.17. The van der Waals surface area contributed by atoms with Gasteiger partial charge in [-0.1, -0.05) is 12.1 Å². The third kappa shape index (κ3) is 3.57. The number of carbonyl (C=O) groups excluding carboxylic acids is 1. The first-order valence-corrected chi connectivity index (χ1v) is 9.88. The number of nitriles is 1. The third-order valence-electron chi connectivity index (χ3n) is 5.17. The number of hydrogen-bond donors (Lipinski definition) is 0. The first-order chi connectivity index (χ1) is 15.2. The van der Waals surface area contributed by atoms with Gasteiger partial charge in [-0.3, -0.25) is 9.20 Å². The van der Waals surface area contributed by atoms with Crippen LogP contribution in [-0.2, 0) is 0 Å². The molecule has 4 aromatic rings. The van der Waals surface area contributed by atoms with Crippen molar-refractivity contribution in [2.75, 3.05) is 13.1 Å². The van der Waals surface area contributed by atoms with Crippen molar-refractivity contribution in [3.63, 3.8) is 0 Å². The molecule has 0 bridgehead atoms. The Kier molecular flexibility index (Phi) is 4.76. The lowest BCUT2D eigenvalue weighted by molar-refractivity contribution is 0.0530. The molecule has 1 aliphatic heterocycles. The summed E-state index contributed by atoms with van der Waals surface area (Å²) < 4.78 is 7.83. The summed E-state index contributed by atoms with van der Waals surface area (Å²) in [6.07, 6.45) is 9.46. The summed E-state index contributed by atoms with van der Waals surface area (Å²) in [4.78, 5) is 25.1. The van der Waals surface area contributed by atoms with Crippen LogP contribution in [0.3, 0.4) is 0 Å². The SMILES string of the molecule is N#Cc1cn2ccnc(OC3CCCN(C(=O)c4ccccc4-n4nccn4)C3)c2n1. The number of imidazole rings is 1. The van der Waals surface area contributed by atoms with Gasteiger partial charge >= 0.3 is 0 Å². The molecule has 4 heterocycles. The lowest BCUT2D eigenvalue weighted by Gasteiger charge is -2.33. The fourth-order valence-electron chi connectivity index (χ4n) is 3.75. The first-order valence-electron chi connectivity index (χ1n) is 9.88. The Balaban J connectivity index is 1.37. The molecule has 0 saturated carbocycles. The molecule has 1 aromatic carbocycles. The van der Waals surface area contributed by atoms with E-state index in [1.54, 1.807) is 46.4 Å². The van der Waals surface area contributed by atoms with Crippen LogP contribution in [0.25, 0.3) is 11.3 Å². The summed E-state index contributed by atoms with van der Waals surface area (Å²) in [5.41, 5.74) is 1.94. The molecule has 31 heavy (non-hydrogen) atoms. The Labute approximate surface area is 177 Å². The molecule has 1 unspecified atom stereocenters. The average Bonchev–Trinajstić information content (AvgIpc) is 3.49. The molecular formula is C21H18N8O2. The second-order valence-electron chi connectivity index (χ2n) is 7.17. The molecule has 3 aromatic heterocycles. The maximum atomic E-state index is 13.3. The smallest absolute Gasteiger partial charge is 0.258 e. The fourth-order valence-corrected chi connectivity index (χ4v) is 3.75. The molecule has 1 amide bonds. The second kappa shape index (κ2) is 7.87. The highest BCUT2D eigenvalue weighted by molar-refractivity contribution is 5.97. The van der Waals surface area contributed by atoms with Crippen molar-refractivity contribution < 1.29 is 9.53 Å². The number of rotatable bonds is 4. The number of piperidine rings is 1. The van der Waals surface area contributed by atoms with E-state index in [9.17, 15) is 4.79 Å². The monoisotopic (exact) mass is 414 g/mol. The predicted molar refractivity (Wildman–Crippen MR) is 109 cm³/mol. The van der Waals surface area contributed by atoms with Crippen molar-refractivity contribution >= 4 is 11.6 Å². The maximum Gasteiger partial charge on any atom is 0.258 e. The largest absolute Gasteiger partial charge is 0.470 e. The molecule has 10 heteroatoms. The minimum Gasteiger partial charge on any atom is -0.470 e. The number of nitrogens with zero attached hydrogens (tertiary/aromatic N) is 8. The molecular weight excluding hydrogens is 396 g/mol. The van der Waals surface area contributed by atoms with Crippen LogP contribution >= 0.6 is 0 Å². The molecule has 1 atom stereocenters. The Bertz CT molecular complexity index is 1270. The van der Waals surface area contributed by atoms with E-state index in [0.29, 0.717) is 41.6 Å². The van der Waals surface area contributed by atoms with Gasteiger partial charge in [0.25, 0.3) is 11.8 Å². The van der Waals surface area contributed by atoms with Gasteiger partial charge < -0.3 is 9.64 Å². The summed E-state index contributed by atoms with van der Waals surface area (Å²) >= 11 is 0. The molecule has 5 rings (SSSR count). The zero-order chi connectivity index (χ0) is 21.2. The quantitative estimate of drug-likeness (QED) is 0.501. The van der Waals surface area contributed by atoms with E-state index in [0.717, 1.165) is 12.8 Å². The van der Waals surface area contributed by atoms with Crippen LogP contribution in [0.5, 0.6) is 5.88 Å². The molecule has 154 valence electrons. The van der Waals surface area contributed by atoms with Crippen molar-refractivity contribution in [1.82, 2.24) is 34.3 Å². The molecule has 0 N–H and O–H groups in total. The number of ether oxygens (including phenoxy) is 1. The number of likely N-dealkylation sites (tertiary alicyclic amines) is 1. The van der Waals surface area contributed by atoms with Crippen molar-refractivity contribution in [3.8, 4) is 17.6 Å². The van der Waals surface area contributed by atoms with Gasteiger partial charge in [0.05, 0.1) is 30.2 Å². The molecule has 1 saturated heterocycles. The van der Waals surface area contributed by atoms with Gasteiger partial charge in [0.2, 0.25) is 5.65 Å². The van der Waals surface area contributed by atoms with Gasteiger partial charge in [0.15, 0.2) is 5.69 Å². The van der Waals surface area contributed by atoms with E-state index in [1.807, 2.05) is 24.3 Å². The van der Waals surface area contributed by atoms with Crippen molar-refractivity contribution in [1.29, 1.82) is 5.26 Å². The number of amides is 1. The maximum absolute atomic E-state index is 13.3. The average molecular weight is 414 g/mol. The summed E-state index contributed by atoms with van der Waals surface area (Å²) in [6, 6.07) is 9.30. The van der Waals surface area contributed by atoms with Gasteiger partial charge in [-0.2, -0.15) is 20.3 Å². The normalized spacial score (nSPS) is 16.2. The van der Waals surface area contributed by atoms with E-state index in [-0.39, 0.29) is 12.0 Å². The van der Waals surface area contributed by atoms with E-state index < -0.39 is 0 Å². The standard InChI is InChI=1S/C21H18N8O2/c22-12-15-13-27-11-9-23-20(19(27)26-15)31-16-4-3-10-28(14-16)21(30)17-5-1-2-6-18(17)29-24-7-8-25-29/h1-2,5-9,11,13,16H,3-4,10,14H2. The van der Waals surface area contributed by atoms with Gasteiger partial charge in [0, 0.05) is 25.1 Å². The van der Waals surface area contributed by atoms with Gasteiger partial charge in [-0.25, -0.2) is 9.97 Å². The van der Waals surface area contributed by atoms with Crippen LogP contribution in [0.4, 0.5) is 0 Å². The number of carbonyl (C=O) groups is 1. The molecule has 0 radical (unpaired) electrons. The molecule has 1 aliphatic rings. The van der Waals surface area contributed by atoms with Crippen LogP contribution in [0.15, 0.2) is 55.2 Å². The van der Waals surface area contributed by atoms with E-state index in [4.69, 9.17) is 10.00 Å². The van der Waals surface area contributed by atoms with E-state index >= 15 is 0 Å². The fraction of sp³-hybridized carbons (Fsp3) is 0.238. The minimum atomic E-state index is -0.228. The van der Waals surface area contributed by atoms with Crippen molar-refractivity contribution in [2.45, 2.75) is 18.9 Å². The van der Waals surface area contributed by atoms with Gasteiger partial charge in [-0.15, -0.1) is 0 Å². The minimum absolute atomic E-state index is 0.0973. The summed E-state index contributed by atoms with van der Waals surface area (Å²) in [5, 5.41) is 17.4. The highest BCUT2D eigenvalue weighted by atomic mass is 16.5. The van der Waals surface area contributed by atoms with Crippen LogP contribution in [-0.4, -0.2) is 59.4 Å². The molecule has 10 nitrogen and oxygen atoms in total. The lowest BCUT2D eigenvalue weighted by Crippen LogP contribution is -2.44. The Hall–Kier alpha value is -4.26. The van der Waals surface area contributed by atoms with Crippen LogP contribution < -0.4 is 4.74 Å². The first kappa shape index (κ1) is 18.7. The number of hydrogen-bond acceptors (Lipinski definition) is 7. The van der Waals surface area contributed by atoms with Crippen LogP contribution in [0.2, 0.25) is 0 Å². The zero-order valence-electron chi connectivity index (χ0n) is 16.5. The van der Waals surface area contributed by atoms with E-state index in [2.05, 4.69) is 20.2 Å². The topological polar surface area (TPSA) is 114 Å². The number of benzene rings is 1. The van der Waals surface area contributed by atoms with Gasteiger partial charge in [-0.05, 0) is 25.0 Å². The number of fused-ring (bicyclic) bond motifs is 1. The summed E-state index contributed by atoms with van der Waals surface area (Å²) in [7, 11) is 0. The summed E-state index contributed by atoms with van der Waals surface area (Å²) in [6.45, 7) is 1.06. The molecule has 0 aliphatic carbocycles. The third-order valence-corrected chi connectivity index (χ3v) is 5.17. The highest BCUT2D eigenvalue weighted by Gasteiger charge is 2.28. The van der Waals surface area contributed by atoms with Crippen molar-refractivity contribution in [2.24, 2.45) is 0 Å². The Morgan fingerprint density at radius 1 is 1.19 bits per heavy atom. The Morgan fingerprint density at radius 3 is 2.87 bits per heavy atom. The highest BCUT2D eigenvalue weighted by Crippen LogP contribution is 2.23.